The summed E-state index contributed by atoms with van der Waals surface area (Å²) in [5.41, 5.74) is 8.93. The molecule has 0 amide bonds. The van der Waals surface area contributed by atoms with Crippen molar-refractivity contribution in [1.29, 1.82) is 0 Å². The lowest BCUT2D eigenvalue weighted by atomic mass is 9.78. The van der Waals surface area contributed by atoms with Gasteiger partial charge in [0.1, 0.15) is 5.58 Å². The summed E-state index contributed by atoms with van der Waals surface area (Å²) < 4.78 is 5.37. The van der Waals surface area contributed by atoms with E-state index in [4.69, 9.17) is 10.2 Å². The van der Waals surface area contributed by atoms with Crippen LogP contribution in [0.25, 0.3) is 11.0 Å². The Balaban J connectivity index is 1.62. The number of hydrogen-bond acceptors (Lipinski definition) is 4. The zero-order chi connectivity index (χ0) is 16.0. The highest BCUT2D eigenvalue weighted by atomic mass is 16.4. The molecule has 1 aromatic heterocycles. The Morgan fingerprint density at radius 3 is 2.96 bits per heavy atom. The molecule has 2 heterocycles. The summed E-state index contributed by atoms with van der Waals surface area (Å²) in [4.78, 5) is 14.4. The van der Waals surface area contributed by atoms with Gasteiger partial charge in [-0.15, -0.1) is 0 Å². The summed E-state index contributed by atoms with van der Waals surface area (Å²) >= 11 is 0. The molecule has 2 fully saturated rings. The Kier molecular flexibility index (Phi) is 3.74. The fourth-order valence-corrected chi connectivity index (χ4v) is 4.45. The van der Waals surface area contributed by atoms with Crippen LogP contribution in [-0.2, 0) is 6.54 Å². The van der Waals surface area contributed by atoms with Crippen molar-refractivity contribution in [1.82, 2.24) is 4.90 Å². The topological polar surface area (TPSA) is 59.5 Å². The van der Waals surface area contributed by atoms with E-state index in [1.165, 1.54) is 12.8 Å². The van der Waals surface area contributed by atoms with E-state index < -0.39 is 0 Å². The number of benzene rings is 1. The predicted octanol–water partition coefficient (Wildman–Crippen LogP) is 2.66. The van der Waals surface area contributed by atoms with Gasteiger partial charge in [0, 0.05) is 37.1 Å². The molecule has 3 unspecified atom stereocenters. The molecule has 1 saturated heterocycles. The van der Waals surface area contributed by atoms with E-state index in [-0.39, 0.29) is 5.63 Å². The molecule has 23 heavy (non-hydrogen) atoms. The van der Waals surface area contributed by atoms with Crippen molar-refractivity contribution in [2.45, 2.75) is 38.8 Å². The molecule has 2 aliphatic rings. The molecule has 0 radical (unpaired) electrons. The van der Waals surface area contributed by atoms with Crippen LogP contribution in [0.15, 0.2) is 33.5 Å². The molecule has 3 atom stereocenters. The fourth-order valence-electron chi connectivity index (χ4n) is 4.45. The standard InChI is InChI=1S/C19H24N2O2/c1-12-5-6-15-14(8-19(22)23-18(15)7-12)10-21-9-13-3-2-4-17(20)16(13)11-21/h5-8,13,16-17H,2-4,9-11,20H2,1H3. The quantitative estimate of drug-likeness (QED) is 0.866. The Labute approximate surface area is 136 Å². The molecule has 2 aromatic rings. The number of aryl methyl sites for hydroxylation is 1. The SMILES string of the molecule is Cc1ccc2c(CN3CC4CCCC(N)C4C3)cc(=O)oc2c1. The molecule has 1 aliphatic heterocycles. The predicted molar refractivity (Wildman–Crippen MR) is 91.3 cm³/mol. The second-order valence-electron chi connectivity index (χ2n) is 7.30. The summed E-state index contributed by atoms with van der Waals surface area (Å²) in [5, 5.41) is 1.05. The molecular weight excluding hydrogens is 288 g/mol. The van der Waals surface area contributed by atoms with Gasteiger partial charge in [0.2, 0.25) is 0 Å². The molecule has 1 aliphatic carbocycles. The van der Waals surface area contributed by atoms with Gasteiger partial charge in [-0.1, -0.05) is 18.6 Å². The summed E-state index contributed by atoms with van der Waals surface area (Å²) in [5.74, 6) is 1.35. The van der Waals surface area contributed by atoms with E-state index in [0.29, 0.717) is 17.5 Å². The average Bonchev–Trinajstić information content (AvgIpc) is 2.90. The third kappa shape index (κ3) is 2.81. The Hall–Kier alpha value is -1.65. The van der Waals surface area contributed by atoms with Gasteiger partial charge in [0.05, 0.1) is 0 Å². The van der Waals surface area contributed by atoms with Crippen molar-refractivity contribution in [3.8, 4) is 0 Å². The van der Waals surface area contributed by atoms with E-state index in [9.17, 15) is 4.79 Å². The van der Waals surface area contributed by atoms with E-state index in [1.54, 1.807) is 6.07 Å². The number of rotatable bonds is 2. The zero-order valence-electron chi connectivity index (χ0n) is 13.6. The van der Waals surface area contributed by atoms with E-state index >= 15 is 0 Å². The lowest BCUT2D eigenvalue weighted by molar-refractivity contribution is 0.259. The van der Waals surface area contributed by atoms with Gasteiger partial charge in [-0.2, -0.15) is 0 Å². The van der Waals surface area contributed by atoms with Gasteiger partial charge in [-0.05, 0) is 48.8 Å². The summed E-state index contributed by atoms with van der Waals surface area (Å²) in [6.07, 6.45) is 3.71. The molecule has 4 rings (SSSR count). The van der Waals surface area contributed by atoms with Gasteiger partial charge in [0.15, 0.2) is 0 Å². The van der Waals surface area contributed by atoms with Gasteiger partial charge < -0.3 is 10.2 Å². The minimum absolute atomic E-state index is 0.258. The molecule has 1 saturated carbocycles. The molecule has 4 nitrogen and oxygen atoms in total. The number of nitrogens with zero attached hydrogens (tertiary/aromatic N) is 1. The average molecular weight is 312 g/mol. The molecule has 2 N–H and O–H groups in total. The van der Waals surface area contributed by atoms with Gasteiger partial charge in [-0.25, -0.2) is 4.79 Å². The van der Waals surface area contributed by atoms with Crippen molar-refractivity contribution in [3.05, 3.63) is 45.8 Å². The van der Waals surface area contributed by atoms with Crippen LogP contribution in [0.5, 0.6) is 0 Å². The van der Waals surface area contributed by atoms with Gasteiger partial charge in [0.25, 0.3) is 0 Å². The number of hydrogen-bond donors (Lipinski definition) is 1. The van der Waals surface area contributed by atoms with Crippen molar-refractivity contribution in [2.75, 3.05) is 13.1 Å². The second kappa shape index (κ2) is 5.77. The number of likely N-dealkylation sites (tertiary alicyclic amines) is 1. The maximum atomic E-state index is 11.9. The van der Waals surface area contributed by atoms with Crippen molar-refractivity contribution >= 4 is 11.0 Å². The van der Waals surface area contributed by atoms with Crippen molar-refractivity contribution in [3.63, 3.8) is 0 Å². The molecule has 4 heteroatoms. The highest BCUT2D eigenvalue weighted by molar-refractivity contribution is 5.80. The second-order valence-corrected chi connectivity index (χ2v) is 7.30. The van der Waals surface area contributed by atoms with Gasteiger partial charge in [-0.3, -0.25) is 4.90 Å². The Morgan fingerprint density at radius 1 is 1.26 bits per heavy atom. The fraction of sp³-hybridized carbons (Fsp3) is 0.526. The Bertz CT molecular complexity index is 783. The smallest absolute Gasteiger partial charge is 0.336 e. The number of nitrogens with two attached hydrogens (primary N) is 1. The van der Waals surface area contributed by atoms with Crippen LogP contribution < -0.4 is 11.4 Å². The van der Waals surface area contributed by atoms with Crippen LogP contribution in [0.3, 0.4) is 0 Å². The number of fused-ring (bicyclic) bond motifs is 2. The monoisotopic (exact) mass is 312 g/mol. The Morgan fingerprint density at radius 2 is 2.13 bits per heavy atom. The first-order chi connectivity index (χ1) is 11.1. The van der Waals surface area contributed by atoms with Crippen molar-refractivity contribution < 1.29 is 4.42 Å². The molecule has 122 valence electrons. The molecule has 0 bridgehead atoms. The van der Waals surface area contributed by atoms with E-state index in [2.05, 4.69) is 17.0 Å². The van der Waals surface area contributed by atoms with E-state index in [1.807, 2.05) is 13.0 Å². The third-order valence-electron chi connectivity index (χ3n) is 5.61. The maximum Gasteiger partial charge on any atom is 0.336 e. The van der Waals surface area contributed by atoms with E-state index in [0.717, 1.165) is 48.5 Å². The van der Waals surface area contributed by atoms with Crippen LogP contribution >= 0.6 is 0 Å². The molecule has 1 aromatic carbocycles. The molecule has 0 spiro atoms. The van der Waals surface area contributed by atoms with Crippen molar-refractivity contribution in [2.24, 2.45) is 17.6 Å². The van der Waals surface area contributed by atoms with Crippen LogP contribution in [-0.4, -0.2) is 24.0 Å². The highest BCUT2D eigenvalue weighted by Gasteiger charge is 2.38. The summed E-state index contributed by atoms with van der Waals surface area (Å²) in [7, 11) is 0. The lowest BCUT2D eigenvalue weighted by Crippen LogP contribution is -2.38. The first-order valence-electron chi connectivity index (χ1n) is 8.61. The first-order valence-corrected chi connectivity index (χ1v) is 8.61. The highest BCUT2D eigenvalue weighted by Crippen LogP contribution is 2.36. The normalized spacial score (nSPS) is 28.2. The lowest BCUT2D eigenvalue weighted by Gasteiger charge is -2.29. The van der Waals surface area contributed by atoms with Crippen LogP contribution in [0, 0.1) is 18.8 Å². The minimum atomic E-state index is -0.258. The maximum absolute atomic E-state index is 11.9. The van der Waals surface area contributed by atoms with Crippen LogP contribution in [0.1, 0.15) is 30.4 Å². The zero-order valence-corrected chi connectivity index (χ0v) is 13.6. The first kappa shape index (κ1) is 14.9. The largest absolute Gasteiger partial charge is 0.423 e. The minimum Gasteiger partial charge on any atom is -0.423 e. The van der Waals surface area contributed by atoms with Crippen LogP contribution in [0.4, 0.5) is 0 Å². The molecular formula is C19H24N2O2. The summed E-state index contributed by atoms with van der Waals surface area (Å²) in [6.45, 7) is 4.98. The summed E-state index contributed by atoms with van der Waals surface area (Å²) in [6, 6.07) is 8.09. The third-order valence-corrected chi connectivity index (χ3v) is 5.61. The van der Waals surface area contributed by atoms with Crippen LogP contribution in [0.2, 0.25) is 0 Å². The van der Waals surface area contributed by atoms with Gasteiger partial charge >= 0.3 is 5.63 Å².